The highest BCUT2D eigenvalue weighted by Crippen LogP contribution is 2.24. The number of carbonyl (C=O) groups excluding carboxylic acids is 3. The molecule has 1 aliphatic heterocycles. The summed E-state index contributed by atoms with van der Waals surface area (Å²) in [6.45, 7) is 6.17. The number of likely N-dealkylation sites (tertiary alicyclic amines) is 1. The number of anilines is 2. The number of pyridine rings is 1. The summed E-state index contributed by atoms with van der Waals surface area (Å²) in [4.78, 5) is 43.2. The average molecular weight is 394 g/mol. The molecule has 7 nitrogen and oxygen atoms in total. The number of aryl methyl sites for hydroxylation is 1. The maximum Gasteiger partial charge on any atom is 0.255 e. The fraction of sp³-hybridized carbons (Fsp3) is 0.364. The molecule has 0 bridgehead atoms. The monoisotopic (exact) mass is 394 g/mol. The zero-order chi connectivity index (χ0) is 21.0. The Labute approximate surface area is 170 Å². The summed E-state index contributed by atoms with van der Waals surface area (Å²) in [7, 11) is 0. The van der Waals surface area contributed by atoms with Gasteiger partial charge < -0.3 is 15.5 Å². The Kier molecular flexibility index (Phi) is 6.26. The zero-order valence-electron chi connectivity index (χ0n) is 16.9. The van der Waals surface area contributed by atoms with Crippen LogP contribution in [0.5, 0.6) is 0 Å². The Bertz CT molecular complexity index is 912. The Morgan fingerprint density at radius 2 is 1.83 bits per heavy atom. The van der Waals surface area contributed by atoms with E-state index in [0.717, 1.165) is 12.0 Å². The number of aromatic nitrogens is 1. The van der Waals surface area contributed by atoms with Crippen LogP contribution in [0.15, 0.2) is 42.7 Å². The summed E-state index contributed by atoms with van der Waals surface area (Å²) < 4.78 is 0. The molecule has 2 N–H and O–H groups in total. The summed E-state index contributed by atoms with van der Waals surface area (Å²) in [6.07, 6.45) is 4.59. The van der Waals surface area contributed by atoms with Crippen molar-refractivity contribution in [3.8, 4) is 0 Å². The number of nitrogens with zero attached hydrogens (tertiary/aromatic N) is 2. The van der Waals surface area contributed by atoms with Gasteiger partial charge in [0.05, 0.1) is 0 Å². The first-order valence-corrected chi connectivity index (χ1v) is 9.80. The molecule has 29 heavy (non-hydrogen) atoms. The van der Waals surface area contributed by atoms with Crippen LogP contribution in [-0.2, 0) is 9.59 Å². The van der Waals surface area contributed by atoms with Crippen molar-refractivity contribution in [1.82, 2.24) is 9.88 Å². The third-order valence-corrected chi connectivity index (χ3v) is 5.03. The predicted octanol–water partition coefficient (Wildman–Crippen LogP) is 3.23. The summed E-state index contributed by atoms with van der Waals surface area (Å²) in [5.74, 6) is -0.593. The highest BCUT2D eigenvalue weighted by molar-refractivity contribution is 6.05. The van der Waals surface area contributed by atoms with E-state index in [1.807, 2.05) is 26.8 Å². The van der Waals surface area contributed by atoms with Crippen LogP contribution >= 0.6 is 0 Å². The standard InChI is InChI=1S/C22H26N4O3/c1-14(2)22(29)26-12-4-5-19(26)21(28)24-17-7-6-15(3)18(13-17)25-20(27)16-8-10-23-11-9-16/h6-11,13-14,19H,4-5,12H2,1-3H3,(H,24,28)(H,25,27). The van der Waals surface area contributed by atoms with Gasteiger partial charge in [-0.3, -0.25) is 19.4 Å². The molecule has 2 heterocycles. The van der Waals surface area contributed by atoms with Crippen molar-refractivity contribution in [2.75, 3.05) is 17.2 Å². The zero-order valence-corrected chi connectivity index (χ0v) is 16.9. The molecule has 0 radical (unpaired) electrons. The van der Waals surface area contributed by atoms with Crippen molar-refractivity contribution in [1.29, 1.82) is 0 Å². The van der Waals surface area contributed by atoms with Gasteiger partial charge in [0.1, 0.15) is 6.04 Å². The van der Waals surface area contributed by atoms with E-state index in [1.165, 1.54) is 0 Å². The quantitative estimate of drug-likeness (QED) is 0.814. The van der Waals surface area contributed by atoms with Gasteiger partial charge in [0.2, 0.25) is 11.8 Å². The molecular weight excluding hydrogens is 368 g/mol. The van der Waals surface area contributed by atoms with E-state index >= 15 is 0 Å². The third-order valence-electron chi connectivity index (χ3n) is 5.03. The van der Waals surface area contributed by atoms with Gasteiger partial charge in [-0.2, -0.15) is 0 Å². The van der Waals surface area contributed by atoms with E-state index < -0.39 is 6.04 Å². The highest BCUT2D eigenvalue weighted by atomic mass is 16.2. The Morgan fingerprint density at radius 1 is 1.10 bits per heavy atom. The third kappa shape index (κ3) is 4.80. The lowest BCUT2D eigenvalue weighted by molar-refractivity contribution is -0.139. The van der Waals surface area contributed by atoms with Gasteiger partial charge >= 0.3 is 0 Å². The minimum Gasteiger partial charge on any atom is -0.330 e. The first kappa shape index (κ1) is 20.5. The van der Waals surface area contributed by atoms with Crippen LogP contribution in [0.3, 0.4) is 0 Å². The van der Waals surface area contributed by atoms with Gasteiger partial charge in [-0.1, -0.05) is 19.9 Å². The number of benzene rings is 1. The fourth-order valence-electron chi connectivity index (χ4n) is 3.39. The largest absolute Gasteiger partial charge is 0.330 e. The summed E-state index contributed by atoms with van der Waals surface area (Å²) >= 11 is 0. The molecule has 0 saturated carbocycles. The Morgan fingerprint density at radius 3 is 2.52 bits per heavy atom. The van der Waals surface area contributed by atoms with Gasteiger partial charge in [0.25, 0.3) is 5.91 Å². The molecule has 1 saturated heterocycles. The highest BCUT2D eigenvalue weighted by Gasteiger charge is 2.34. The summed E-state index contributed by atoms with van der Waals surface area (Å²) in [5.41, 5.74) is 2.58. The molecule has 1 aromatic heterocycles. The molecule has 152 valence electrons. The van der Waals surface area contributed by atoms with Crippen molar-refractivity contribution < 1.29 is 14.4 Å². The van der Waals surface area contributed by atoms with E-state index in [1.54, 1.807) is 41.6 Å². The van der Waals surface area contributed by atoms with Gasteiger partial charge in [-0.05, 0) is 49.6 Å². The smallest absolute Gasteiger partial charge is 0.255 e. The maximum atomic E-state index is 12.8. The van der Waals surface area contributed by atoms with E-state index in [2.05, 4.69) is 15.6 Å². The Balaban J connectivity index is 1.72. The van der Waals surface area contributed by atoms with Crippen molar-refractivity contribution >= 4 is 29.1 Å². The molecule has 1 fully saturated rings. The normalized spacial score (nSPS) is 16.0. The van der Waals surface area contributed by atoms with Crippen LogP contribution in [-0.4, -0.2) is 40.2 Å². The number of nitrogens with one attached hydrogen (secondary N) is 2. The van der Waals surface area contributed by atoms with Crippen molar-refractivity contribution in [2.24, 2.45) is 5.92 Å². The maximum absolute atomic E-state index is 12.8. The molecule has 3 amide bonds. The van der Waals surface area contributed by atoms with Crippen LogP contribution in [0, 0.1) is 12.8 Å². The van der Waals surface area contributed by atoms with Gasteiger partial charge in [0.15, 0.2) is 0 Å². The number of hydrogen-bond donors (Lipinski definition) is 2. The molecule has 0 aliphatic carbocycles. The molecule has 7 heteroatoms. The molecule has 1 atom stereocenters. The average Bonchev–Trinajstić information content (AvgIpc) is 3.20. The second-order valence-corrected chi connectivity index (χ2v) is 7.55. The molecular formula is C22H26N4O3. The molecule has 3 rings (SSSR count). The number of hydrogen-bond acceptors (Lipinski definition) is 4. The molecule has 1 aliphatic rings. The van der Waals surface area contributed by atoms with E-state index in [9.17, 15) is 14.4 Å². The van der Waals surface area contributed by atoms with Gasteiger partial charge in [-0.25, -0.2) is 0 Å². The predicted molar refractivity (Wildman–Crippen MR) is 112 cm³/mol. The Hall–Kier alpha value is -3.22. The first-order chi connectivity index (χ1) is 13.9. The van der Waals surface area contributed by atoms with Gasteiger partial charge in [-0.15, -0.1) is 0 Å². The van der Waals surface area contributed by atoms with E-state index in [-0.39, 0.29) is 23.6 Å². The van der Waals surface area contributed by atoms with Crippen LogP contribution in [0.4, 0.5) is 11.4 Å². The molecule has 1 aromatic carbocycles. The minimum atomic E-state index is -0.457. The van der Waals surface area contributed by atoms with Crippen LogP contribution in [0.1, 0.15) is 42.6 Å². The second-order valence-electron chi connectivity index (χ2n) is 7.55. The molecule has 2 aromatic rings. The van der Waals surface area contributed by atoms with Crippen LogP contribution < -0.4 is 10.6 Å². The van der Waals surface area contributed by atoms with Crippen molar-refractivity contribution in [3.05, 3.63) is 53.9 Å². The summed E-state index contributed by atoms with van der Waals surface area (Å²) in [5, 5.41) is 5.76. The van der Waals surface area contributed by atoms with Gasteiger partial charge in [0, 0.05) is 41.8 Å². The minimum absolute atomic E-state index is 0.00291. The lowest BCUT2D eigenvalue weighted by Crippen LogP contribution is -2.44. The molecule has 1 unspecified atom stereocenters. The summed E-state index contributed by atoms with van der Waals surface area (Å²) in [6, 6.07) is 8.17. The number of amides is 3. The number of rotatable bonds is 5. The lowest BCUT2D eigenvalue weighted by atomic mass is 10.1. The molecule has 0 spiro atoms. The lowest BCUT2D eigenvalue weighted by Gasteiger charge is -2.25. The van der Waals surface area contributed by atoms with E-state index in [0.29, 0.717) is 29.9 Å². The van der Waals surface area contributed by atoms with Crippen LogP contribution in [0.2, 0.25) is 0 Å². The van der Waals surface area contributed by atoms with Crippen molar-refractivity contribution in [2.45, 2.75) is 39.7 Å². The van der Waals surface area contributed by atoms with Crippen LogP contribution in [0.25, 0.3) is 0 Å². The first-order valence-electron chi connectivity index (χ1n) is 9.80. The van der Waals surface area contributed by atoms with E-state index in [4.69, 9.17) is 0 Å². The SMILES string of the molecule is Cc1ccc(NC(=O)C2CCCN2C(=O)C(C)C)cc1NC(=O)c1ccncc1. The second kappa shape index (κ2) is 8.86. The fourth-order valence-corrected chi connectivity index (χ4v) is 3.39. The van der Waals surface area contributed by atoms with Crippen molar-refractivity contribution in [3.63, 3.8) is 0 Å². The number of carbonyl (C=O) groups is 3. The topological polar surface area (TPSA) is 91.4 Å².